The van der Waals surface area contributed by atoms with Gasteiger partial charge in [0, 0.05) is 19.0 Å². The highest BCUT2D eigenvalue weighted by atomic mass is 16.5. The summed E-state index contributed by atoms with van der Waals surface area (Å²) >= 11 is 0. The maximum atomic E-state index is 6.05. The average molecular weight is 263 g/mol. The van der Waals surface area contributed by atoms with E-state index in [9.17, 15) is 0 Å². The largest absolute Gasteiger partial charge is 0.367 e. The second-order valence-electron chi connectivity index (χ2n) is 5.56. The molecule has 106 valence electrons. The molecule has 0 atom stereocenters. The molecule has 2 rings (SSSR count). The summed E-state index contributed by atoms with van der Waals surface area (Å²) in [7, 11) is 0. The standard InChI is InChI=1S/C15H25N3O/c1-3-19-15(7-4-12(2)5-8-15)14-17-10-13(6-9-16)11-18-14/h10-12H,3-9,16H2,1-2H3. The Balaban J connectivity index is 2.18. The molecular weight excluding hydrogens is 238 g/mol. The fraction of sp³-hybridized carbons (Fsp3) is 0.733. The topological polar surface area (TPSA) is 61.0 Å². The Morgan fingerprint density at radius 2 is 1.95 bits per heavy atom. The van der Waals surface area contributed by atoms with Crippen LogP contribution in [0.5, 0.6) is 0 Å². The maximum Gasteiger partial charge on any atom is 0.160 e. The van der Waals surface area contributed by atoms with Crippen molar-refractivity contribution in [3.05, 3.63) is 23.8 Å². The van der Waals surface area contributed by atoms with Crippen LogP contribution in [0.3, 0.4) is 0 Å². The molecule has 1 aliphatic carbocycles. The highest BCUT2D eigenvalue weighted by Crippen LogP contribution is 2.40. The molecule has 0 unspecified atom stereocenters. The summed E-state index contributed by atoms with van der Waals surface area (Å²) in [5.74, 6) is 1.63. The van der Waals surface area contributed by atoms with Gasteiger partial charge in [-0.2, -0.15) is 0 Å². The molecular formula is C15H25N3O. The van der Waals surface area contributed by atoms with Crippen molar-refractivity contribution in [1.29, 1.82) is 0 Å². The first-order chi connectivity index (χ1) is 9.20. The molecule has 2 N–H and O–H groups in total. The third-order valence-corrected chi connectivity index (χ3v) is 4.05. The molecule has 0 aromatic carbocycles. The number of aromatic nitrogens is 2. The van der Waals surface area contributed by atoms with Crippen LogP contribution in [0, 0.1) is 5.92 Å². The van der Waals surface area contributed by atoms with E-state index in [4.69, 9.17) is 10.5 Å². The van der Waals surface area contributed by atoms with Gasteiger partial charge in [0.15, 0.2) is 5.82 Å². The number of nitrogens with two attached hydrogens (primary N) is 1. The lowest BCUT2D eigenvalue weighted by Crippen LogP contribution is -2.36. The normalized spacial score (nSPS) is 27.4. The second-order valence-corrected chi connectivity index (χ2v) is 5.56. The van der Waals surface area contributed by atoms with Gasteiger partial charge in [0.2, 0.25) is 0 Å². The van der Waals surface area contributed by atoms with E-state index in [1.54, 1.807) is 0 Å². The molecule has 19 heavy (non-hydrogen) atoms. The van der Waals surface area contributed by atoms with Crippen molar-refractivity contribution in [2.45, 2.75) is 51.6 Å². The highest BCUT2D eigenvalue weighted by molar-refractivity contribution is 5.11. The lowest BCUT2D eigenvalue weighted by atomic mass is 9.79. The molecule has 0 spiro atoms. The zero-order valence-electron chi connectivity index (χ0n) is 12.1. The summed E-state index contributed by atoms with van der Waals surface area (Å²) in [6.07, 6.45) is 9.05. The van der Waals surface area contributed by atoms with Gasteiger partial charge in [0.25, 0.3) is 0 Å². The highest BCUT2D eigenvalue weighted by Gasteiger charge is 2.39. The maximum absolute atomic E-state index is 6.05. The Morgan fingerprint density at radius 1 is 1.32 bits per heavy atom. The van der Waals surface area contributed by atoms with Crippen LogP contribution in [-0.4, -0.2) is 23.1 Å². The van der Waals surface area contributed by atoms with Crippen molar-refractivity contribution >= 4 is 0 Å². The SMILES string of the molecule is CCOC1(c2ncc(CCN)cn2)CCC(C)CC1. The molecule has 0 amide bonds. The number of rotatable bonds is 5. The van der Waals surface area contributed by atoms with E-state index in [2.05, 4.69) is 16.9 Å². The van der Waals surface area contributed by atoms with Crippen molar-refractivity contribution in [3.63, 3.8) is 0 Å². The molecule has 4 heteroatoms. The van der Waals surface area contributed by atoms with Crippen LogP contribution < -0.4 is 5.73 Å². The van der Waals surface area contributed by atoms with Gasteiger partial charge in [0.05, 0.1) is 0 Å². The van der Waals surface area contributed by atoms with Crippen LogP contribution in [0.15, 0.2) is 12.4 Å². The first-order valence-corrected chi connectivity index (χ1v) is 7.35. The molecule has 0 radical (unpaired) electrons. The van der Waals surface area contributed by atoms with Gasteiger partial charge in [-0.15, -0.1) is 0 Å². The molecule has 1 fully saturated rings. The van der Waals surface area contributed by atoms with E-state index in [0.29, 0.717) is 13.2 Å². The Kier molecular flexibility index (Phi) is 4.88. The van der Waals surface area contributed by atoms with Gasteiger partial charge >= 0.3 is 0 Å². The number of hydrogen-bond acceptors (Lipinski definition) is 4. The molecule has 1 aliphatic rings. The third-order valence-electron chi connectivity index (χ3n) is 4.05. The monoisotopic (exact) mass is 263 g/mol. The molecule has 0 bridgehead atoms. The molecule has 0 aliphatic heterocycles. The first-order valence-electron chi connectivity index (χ1n) is 7.35. The quantitative estimate of drug-likeness (QED) is 0.886. The van der Waals surface area contributed by atoms with Crippen molar-refractivity contribution in [1.82, 2.24) is 9.97 Å². The molecule has 1 heterocycles. The zero-order valence-corrected chi connectivity index (χ0v) is 12.1. The fourth-order valence-electron chi connectivity index (χ4n) is 2.82. The predicted molar refractivity (Wildman–Crippen MR) is 75.7 cm³/mol. The number of ether oxygens (including phenoxy) is 1. The van der Waals surface area contributed by atoms with Crippen molar-refractivity contribution < 1.29 is 4.74 Å². The third kappa shape index (κ3) is 3.31. The van der Waals surface area contributed by atoms with Gasteiger partial charge in [-0.1, -0.05) is 6.92 Å². The summed E-state index contributed by atoms with van der Waals surface area (Å²) in [4.78, 5) is 9.09. The predicted octanol–water partition coefficient (Wildman–Crippen LogP) is 2.42. The summed E-state index contributed by atoms with van der Waals surface area (Å²) < 4.78 is 6.05. The Labute approximate surface area is 115 Å². The summed E-state index contributed by atoms with van der Waals surface area (Å²) in [6.45, 7) is 5.70. The minimum Gasteiger partial charge on any atom is -0.367 e. The lowest BCUT2D eigenvalue weighted by molar-refractivity contribution is -0.0837. The van der Waals surface area contributed by atoms with Crippen LogP contribution >= 0.6 is 0 Å². The van der Waals surface area contributed by atoms with Gasteiger partial charge in [-0.3, -0.25) is 0 Å². The van der Waals surface area contributed by atoms with Gasteiger partial charge in [0.1, 0.15) is 5.60 Å². The van der Waals surface area contributed by atoms with Crippen LogP contribution in [-0.2, 0) is 16.8 Å². The van der Waals surface area contributed by atoms with Crippen molar-refractivity contribution in [2.75, 3.05) is 13.2 Å². The Hall–Kier alpha value is -1.00. The smallest absolute Gasteiger partial charge is 0.160 e. The van der Waals surface area contributed by atoms with Crippen LogP contribution in [0.1, 0.15) is 50.9 Å². The van der Waals surface area contributed by atoms with Crippen molar-refractivity contribution in [3.8, 4) is 0 Å². The van der Waals surface area contributed by atoms with E-state index < -0.39 is 0 Å². The van der Waals surface area contributed by atoms with Gasteiger partial charge in [-0.25, -0.2) is 9.97 Å². The lowest BCUT2D eigenvalue weighted by Gasteiger charge is -2.37. The fourth-order valence-corrected chi connectivity index (χ4v) is 2.82. The average Bonchev–Trinajstić information content (AvgIpc) is 2.43. The Bertz CT molecular complexity index is 383. The molecule has 1 aromatic heterocycles. The summed E-state index contributed by atoms with van der Waals surface area (Å²) in [5, 5.41) is 0. The van der Waals surface area contributed by atoms with Crippen LogP contribution in [0.25, 0.3) is 0 Å². The molecule has 1 saturated carbocycles. The summed E-state index contributed by atoms with van der Waals surface area (Å²) in [6, 6.07) is 0. The van der Waals surface area contributed by atoms with E-state index >= 15 is 0 Å². The minimum absolute atomic E-state index is 0.261. The van der Waals surface area contributed by atoms with Gasteiger partial charge in [-0.05, 0) is 57.1 Å². The number of nitrogens with zero attached hydrogens (tertiary/aromatic N) is 2. The minimum atomic E-state index is -0.261. The van der Waals surface area contributed by atoms with E-state index in [1.165, 1.54) is 12.8 Å². The number of hydrogen-bond donors (Lipinski definition) is 1. The summed E-state index contributed by atoms with van der Waals surface area (Å²) in [5.41, 5.74) is 6.39. The first kappa shape index (κ1) is 14.4. The zero-order chi connectivity index (χ0) is 13.7. The molecule has 0 saturated heterocycles. The van der Waals surface area contributed by atoms with Crippen LogP contribution in [0.4, 0.5) is 0 Å². The Morgan fingerprint density at radius 3 is 2.47 bits per heavy atom. The molecule has 4 nitrogen and oxygen atoms in total. The van der Waals surface area contributed by atoms with E-state index in [1.807, 2.05) is 19.3 Å². The second kappa shape index (κ2) is 6.44. The van der Waals surface area contributed by atoms with E-state index in [0.717, 1.165) is 36.6 Å². The van der Waals surface area contributed by atoms with Crippen LogP contribution in [0.2, 0.25) is 0 Å². The molecule has 1 aromatic rings. The van der Waals surface area contributed by atoms with Gasteiger partial charge < -0.3 is 10.5 Å². The van der Waals surface area contributed by atoms with Crippen molar-refractivity contribution in [2.24, 2.45) is 11.7 Å². The van der Waals surface area contributed by atoms with E-state index in [-0.39, 0.29) is 5.60 Å².